The normalized spacial score (nSPS) is 26.6. The average molecular weight is 184 g/mol. The Balaban J connectivity index is 2.62. The SMILES string of the molecule is CC(C)C1CCCN1C(C)C(N)=O. The first-order valence-corrected chi connectivity index (χ1v) is 5.09. The van der Waals surface area contributed by atoms with Gasteiger partial charge in [-0.05, 0) is 32.2 Å². The van der Waals surface area contributed by atoms with Crippen LogP contribution in [0.3, 0.4) is 0 Å². The first-order chi connectivity index (χ1) is 6.04. The Kier molecular flexibility index (Phi) is 3.31. The summed E-state index contributed by atoms with van der Waals surface area (Å²) in [4.78, 5) is 13.3. The predicted octanol–water partition coefficient (Wildman–Crippen LogP) is 0.981. The fraction of sp³-hybridized carbons (Fsp3) is 0.900. The summed E-state index contributed by atoms with van der Waals surface area (Å²) in [5.74, 6) is 0.414. The zero-order chi connectivity index (χ0) is 10.0. The van der Waals surface area contributed by atoms with E-state index in [1.165, 1.54) is 12.8 Å². The summed E-state index contributed by atoms with van der Waals surface area (Å²) in [5.41, 5.74) is 5.30. The molecule has 2 atom stereocenters. The second-order valence-electron chi connectivity index (χ2n) is 4.27. The van der Waals surface area contributed by atoms with Gasteiger partial charge < -0.3 is 5.73 Å². The summed E-state index contributed by atoms with van der Waals surface area (Å²) in [7, 11) is 0. The Morgan fingerprint density at radius 3 is 2.54 bits per heavy atom. The van der Waals surface area contributed by atoms with Crippen molar-refractivity contribution in [2.45, 2.75) is 45.7 Å². The monoisotopic (exact) mass is 184 g/mol. The number of amides is 1. The molecule has 0 aromatic carbocycles. The smallest absolute Gasteiger partial charge is 0.234 e. The number of hydrogen-bond donors (Lipinski definition) is 1. The highest BCUT2D eigenvalue weighted by atomic mass is 16.1. The summed E-state index contributed by atoms with van der Waals surface area (Å²) in [6.07, 6.45) is 2.40. The van der Waals surface area contributed by atoms with Crippen LogP contribution in [0.2, 0.25) is 0 Å². The van der Waals surface area contributed by atoms with Crippen molar-refractivity contribution < 1.29 is 4.79 Å². The molecule has 76 valence electrons. The van der Waals surface area contributed by atoms with Crippen molar-refractivity contribution in [3.63, 3.8) is 0 Å². The Morgan fingerprint density at radius 1 is 1.46 bits per heavy atom. The first kappa shape index (κ1) is 10.5. The molecule has 0 saturated carbocycles. The standard InChI is InChI=1S/C10H20N2O/c1-7(2)9-5-4-6-12(9)8(3)10(11)13/h7-9H,4-6H2,1-3H3,(H2,11,13). The number of rotatable bonds is 3. The number of carbonyl (C=O) groups excluding carboxylic acids is 1. The van der Waals surface area contributed by atoms with E-state index >= 15 is 0 Å². The van der Waals surface area contributed by atoms with E-state index in [0.717, 1.165) is 6.54 Å². The van der Waals surface area contributed by atoms with Gasteiger partial charge in [0.1, 0.15) is 0 Å². The largest absolute Gasteiger partial charge is 0.368 e. The Bertz CT molecular complexity index is 191. The van der Waals surface area contributed by atoms with Crippen molar-refractivity contribution in [2.75, 3.05) is 6.54 Å². The van der Waals surface area contributed by atoms with Crippen molar-refractivity contribution in [1.82, 2.24) is 4.90 Å². The lowest BCUT2D eigenvalue weighted by molar-refractivity contribution is -0.123. The van der Waals surface area contributed by atoms with Gasteiger partial charge in [0.15, 0.2) is 0 Å². The van der Waals surface area contributed by atoms with Gasteiger partial charge in [-0.25, -0.2) is 0 Å². The quantitative estimate of drug-likeness (QED) is 0.710. The van der Waals surface area contributed by atoms with Gasteiger partial charge in [0.2, 0.25) is 5.91 Å². The van der Waals surface area contributed by atoms with Crippen LogP contribution in [0.15, 0.2) is 0 Å². The highest BCUT2D eigenvalue weighted by molar-refractivity contribution is 5.79. The maximum atomic E-state index is 11.0. The summed E-state index contributed by atoms with van der Waals surface area (Å²) < 4.78 is 0. The molecule has 0 radical (unpaired) electrons. The van der Waals surface area contributed by atoms with Crippen molar-refractivity contribution in [2.24, 2.45) is 11.7 Å². The van der Waals surface area contributed by atoms with Crippen LogP contribution < -0.4 is 5.73 Å². The van der Waals surface area contributed by atoms with Gasteiger partial charge in [-0.1, -0.05) is 13.8 Å². The van der Waals surface area contributed by atoms with E-state index in [9.17, 15) is 4.79 Å². The van der Waals surface area contributed by atoms with Crippen LogP contribution in [0.5, 0.6) is 0 Å². The molecule has 2 N–H and O–H groups in total. The number of primary amides is 1. The molecule has 0 spiro atoms. The van der Waals surface area contributed by atoms with Crippen LogP contribution in [-0.4, -0.2) is 29.4 Å². The molecule has 13 heavy (non-hydrogen) atoms. The number of carbonyl (C=O) groups is 1. The zero-order valence-corrected chi connectivity index (χ0v) is 8.79. The van der Waals surface area contributed by atoms with E-state index in [2.05, 4.69) is 18.7 Å². The lowest BCUT2D eigenvalue weighted by Gasteiger charge is -2.31. The van der Waals surface area contributed by atoms with Crippen molar-refractivity contribution in [3.8, 4) is 0 Å². The highest BCUT2D eigenvalue weighted by Crippen LogP contribution is 2.25. The summed E-state index contributed by atoms with van der Waals surface area (Å²) in [5, 5.41) is 0. The van der Waals surface area contributed by atoms with Crippen LogP contribution in [0, 0.1) is 5.92 Å². The average Bonchev–Trinajstić information content (AvgIpc) is 2.50. The Hall–Kier alpha value is -0.570. The fourth-order valence-corrected chi connectivity index (χ4v) is 2.18. The van der Waals surface area contributed by atoms with Crippen LogP contribution in [0.25, 0.3) is 0 Å². The van der Waals surface area contributed by atoms with E-state index in [-0.39, 0.29) is 11.9 Å². The van der Waals surface area contributed by atoms with E-state index in [1.54, 1.807) is 0 Å². The molecule has 1 amide bonds. The molecule has 3 heteroatoms. The predicted molar refractivity (Wildman–Crippen MR) is 53.2 cm³/mol. The summed E-state index contributed by atoms with van der Waals surface area (Å²) in [6, 6.07) is 0.442. The second-order valence-corrected chi connectivity index (χ2v) is 4.27. The second kappa shape index (κ2) is 4.09. The minimum absolute atomic E-state index is 0.102. The number of nitrogens with two attached hydrogens (primary N) is 1. The molecule has 3 nitrogen and oxygen atoms in total. The summed E-state index contributed by atoms with van der Waals surface area (Å²) >= 11 is 0. The molecule has 1 fully saturated rings. The lowest BCUT2D eigenvalue weighted by Crippen LogP contribution is -2.46. The third-order valence-corrected chi connectivity index (χ3v) is 3.02. The minimum atomic E-state index is -0.201. The molecular formula is C10H20N2O. The van der Waals surface area contributed by atoms with Gasteiger partial charge in [0.25, 0.3) is 0 Å². The maximum absolute atomic E-state index is 11.0. The molecule has 2 unspecified atom stereocenters. The molecular weight excluding hydrogens is 164 g/mol. The molecule has 1 saturated heterocycles. The Morgan fingerprint density at radius 2 is 2.08 bits per heavy atom. The van der Waals surface area contributed by atoms with E-state index < -0.39 is 0 Å². The van der Waals surface area contributed by atoms with E-state index in [0.29, 0.717) is 12.0 Å². The molecule has 1 aliphatic rings. The highest BCUT2D eigenvalue weighted by Gasteiger charge is 2.32. The van der Waals surface area contributed by atoms with Gasteiger partial charge in [-0.2, -0.15) is 0 Å². The molecule has 1 heterocycles. The van der Waals surface area contributed by atoms with Crippen LogP contribution in [-0.2, 0) is 4.79 Å². The first-order valence-electron chi connectivity index (χ1n) is 5.09. The zero-order valence-electron chi connectivity index (χ0n) is 8.79. The molecule has 0 aromatic heterocycles. The van der Waals surface area contributed by atoms with Gasteiger partial charge in [-0.15, -0.1) is 0 Å². The summed E-state index contributed by atoms with van der Waals surface area (Å²) in [6.45, 7) is 7.34. The molecule has 1 rings (SSSR count). The molecule has 0 aromatic rings. The van der Waals surface area contributed by atoms with Crippen LogP contribution in [0.1, 0.15) is 33.6 Å². The van der Waals surface area contributed by atoms with Gasteiger partial charge in [-0.3, -0.25) is 9.69 Å². The third kappa shape index (κ3) is 2.21. The number of nitrogens with zero attached hydrogens (tertiary/aromatic N) is 1. The van der Waals surface area contributed by atoms with Crippen LogP contribution >= 0.6 is 0 Å². The van der Waals surface area contributed by atoms with E-state index in [4.69, 9.17) is 5.73 Å². The number of likely N-dealkylation sites (tertiary alicyclic amines) is 1. The third-order valence-electron chi connectivity index (χ3n) is 3.02. The Labute approximate surface area is 80.3 Å². The molecule has 0 bridgehead atoms. The maximum Gasteiger partial charge on any atom is 0.234 e. The van der Waals surface area contributed by atoms with Crippen molar-refractivity contribution >= 4 is 5.91 Å². The van der Waals surface area contributed by atoms with Crippen LogP contribution in [0.4, 0.5) is 0 Å². The van der Waals surface area contributed by atoms with E-state index in [1.807, 2.05) is 6.92 Å². The fourth-order valence-electron chi connectivity index (χ4n) is 2.18. The van der Waals surface area contributed by atoms with Crippen molar-refractivity contribution in [1.29, 1.82) is 0 Å². The van der Waals surface area contributed by atoms with Gasteiger partial charge >= 0.3 is 0 Å². The minimum Gasteiger partial charge on any atom is -0.368 e. The lowest BCUT2D eigenvalue weighted by atomic mass is 10.0. The van der Waals surface area contributed by atoms with Crippen molar-refractivity contribution in [3.05, 3.63) is 0 Å². The molecule has 1 aliphatic heterocycles. The topological polar surface area (TPSA) is 46.3 Å². The number of hydrogen-bond acceptors (Lipinski definition) is 2. The molecule has 0 aliphatic carbocycles. The van der Waals surface area contributed by atoms with Gasteiger partial charge in [0.05, 0.1) is 6.04 Å². The van der Waals surface area contributed by atoms with Gasteiger partial charge in [0, 0.05) is 6.04 Å².